The van der Waals surface area contributed by atoms with Crippen molar-refractivity contribution in [2.24, 2.45) is 5.92 Å². The van der Waals surface area contributed by atoms with Crippen molar-refractivity contribution < 1.29 is 4.79 Å². The highest BCUT2D eigenvalue weighted by Crippen LogP contribution is 2.24. The molecule has 21 heavy (non-hydrogen) atoms. The number of benzene rings is 2. The van der Waals surface area contributed by atoms with Crippen LogP contribution in [0.1, 0.15) is 35.8 Å². The molecule has 3 N–H and O–H groups in total. The maximum atomic E-state index is 12.5. The number of nitrogens with one attached hydrogen (secondary N) is 1. The van der Waals surface area contributed by atoms with E-state index in [2.05, 4.69) is 19.2 Å². The van der Waals surface area contributed by atoms with Gasteiger partial charge in [0, 0.05) is 5.69 Å². The fraction of sp³-hybridized carbons (Fsp3) is 0.235. The molecule has 0 radical (unpaired) electrons. The minimum absolute atomic E-state index is 0.0730. The fourth-order valence-corrected chi connectivity index (χ4v) is 2.43. The Morgan fingerprint density at radius 3 is 2.43 bits per heavy atom. The summed E-state index contributed by atoms with van der Waals surface area (Å²) in [4.78, 5) is 12.5. The van der Waals surface area contributed by atoms with Gasteiger partial charge in [0.25, 0.3) is 5.91 Å². The molecule has 3 nitrogen and oxygen atoms in total. The van der Waals surface area contributed by atoms with Gasteiger partial charge in [-0.2, -0.15) is 0 Å². The zero-order chi connectivity index (χ0) is 15.4. The molecule has 0 aliphatic heterocycles. The van der Waals surface area contributed by atoms with Crippen LogP contribution in [0, 0.1) is 5.92 Å². The summed E-state index contributed by atoms with van der Waals surface area (Å²) < 4.78 is 0. The van der Waals surface area contributed by atoms with Crippen molar-refractivity contribution in [1.29, 1.82) is 0 Å². The Kier molecular flexibility index (Phi) is 4.86. The first-order valence-electron chi connectivity index (χ1n) is 6.90. The molecule has 0 aliphatic rings. The van der Waals surface area contributed by atoms with E-state index in [1.165, 1.54) is 0 Å². The predicted molar refractivity (Wildman–Crippen MR) is 87.4 cm³/mol. The standard InChI is InChI=1S/C17H19ClN2O/c1-11(2)16(12-6-4-3-5-7-12)20-17(21)14-10-13(19)8-9-15(14)18/h3-11,16H,19H2,1-2H3,(H,20,21). The summed E-state index contributed by atoms with van der Waals surface area (Å²) in [6.45, 7) is 4.14. The van der Waals surface area contributed by atoms with Crippen LogP contribution >= 0.6 is 11.6 Å². The highest BCUT2D eigenvalue weighted by molar-refractivity contribution is 6.34. The largest absolute Gasteiger partial charge is 0.399 e. The highest BCUT2D eigenvalue weighted by atomic mass is 35.5. The molecule has 0 spiro atoms. The minimum atomic E-state index is -0.213. The van der Waals surface area contributed by atoms with Crippen molar-refractivity contribution in [2.75, 3.05) is 5.73 Å². The van der Waals surface area contributed by atoms with Gasteiger partial charge in [0.15, 0.2) is 0 Å². The second-order valence-corrected chi connectivity index (χ2v) is 5.75. The maximum Gasteiger partial charge on any atom is 0.253 e. The Labute approximate surface area is 130 Å². The van der Waals surface area contributed by atoms with Crippen molar-refractivity contribution >= 4 is 23.2 Å². The predicted octanol–water partition coefficient (Wildman–Crippen LogP) is 4.05. The Morgan fingerprint density at radius 1 is 1.14 bits per heavy atom. The average Bonchev–Trinajstić information content (AvgIpc) is 2.47. The molecule has 2 aromatic carbocycles. The Morgan fingerprint density at radius 2 is 1.81 bits per heavy atom. The normalized spacial score (nSPS) is 12.2. The Hall–Kier alpha value is -2.00. The van der Waals surface area contributed by atoms with Crippen LogP contribution in [0.5, 0.6) is 0 Å². The molecule has 2 rings (SSSR count). The number of rotatable bonds is 4. The van der Waals surface area contributed by atoms with Gasteiger partial charge in [0.05, 0.1) is 16.6 Å². The molecule has 4 heteroatoms. The highest BCUT2D eigenvalue weighted by Gasteiger charge is 2.20. The fourth-order valence-electron chi connectivity index (χ4n) is 2.23. The first-order valence-corrected chi connectivity index (χ1v) is 7.27. The molecule has 0 fully saturated rings. The number of hydrogen-bond acceptors (Lipinski definition) is 2. The van der Waals surface area contributed by atoms with Crippen LogP contribution in [0.15, 0.2) is 48.5 Å². The third-order valence-corrected chi connectivity index (χ3v) is 3.68. The Balaban J connectivity index is 2.25. The maximum absolute atomic E-state index is 12.5. The molecule has 0 saturated carbocycles. The summed E-state index contributed by atoms with van der Waals surface area (Å²) in [5, 5.41) is 3.44. The van der Waals surface area contributed by atoms with Gasteiger partial charge in [-0.15, -0.1) is 0 Å². The van der Waals surface area contributed by atoms with Crippen molar-refractivity contribution in [1.82, 2.24) is 5.32 Å². The number of nitrogens with two attached hydrogens (primary N) is 1. The lowest BCUT2D eigenvalue weighted by atomic mass is 9.95. The Bertz CT molecular complexity index is 626. The van der Waals surface area contributed by atoms with Gasteiger partial charge in [-0.1, -0.05) is 55.8 Å². The molecule has 0 aromatic heterocycles. The zero-order valence-electron chi connectivity index (χ0n) is 12.1. The zero-order valence-corrected chi connectivity index (χ0v) is 12.9. The number of carbonyl (C=O) groups excluding carboxylic acids is 1. The molecule has 1 atom stereocenters. The number of carbonyl (C=O) groups is 1. The van der Waals surface area contributed by atoms with E-state index in [9.17, 15) is 4.79 Å². The van der Waals surface area contributed by atoms with Crippen molar-refractivity contribution in [3.05, 3.63) is 64.7 Å². The van der Waals surface area contributed by atoms with Gasteiger partial charge in [0.1, 0.15) is 0 Å². The van der Waals surface area contributed by atoms with Crippen LogP contribution in [-0.4, -0.2) is 5.91 Å². The van der Waals surface area contributed by atoms with E-state index in [1.807, 2.05) is 30.3 Å². The molecule has 0 heterocycles. The van der Waals surface area contributed by atoms with Crippen LogP contribution in [0.3, 0.4) is 0 Å². The topological polar surface area (TPSA) is 55.1 Å². The van der Waals surface area contributed by atoms with Gasteiger partial charge in [-0.3, -0.25) is 4.79 Å². The summed E-state index contributed by atoms with van der Waals surface area (Å²) in [5.41, 5.74) is 7.72. The summed E-state index contributed by atoms with van der Waals surface area (Å²) in [6.07, 6.45) is 0. The lowest BCUT2D eigenvalue weighted by Gasteiger charge is -2.23. The molecular formula is C17H19ClN2O. The molecule has 0 aliphatic carbocycles. The van der Waals surface area contributed by atoms with E-state index in [-0.39, 0.29) is 17.9 Å². The number of anilines is 1. The number of amides is 1. The van der Waals surface area contributed by atoms with Crippen LogP contribution in [-0.2, 0) is 0 Å². The van der Waals surface area contributed by atoms with Gasteiger partial charge in [-0.05, 0) is 29.7 Å². The van der Waals surface area contributed by atoms with Crippen molar-refractivity contribution in [3.8, 4) is 0 Å². The number of nitrogen functional groups attached to an aromatic ring is 1. The van der Waals surface area contributed by atoms with Gasteiger partial charge < -0.3 is 11.1 Å². The van der Waals surface area contributed by atoms with Gasteiger partial charge >= 0.3 is 0 Å². The number of hydrogen-bond donors (Lipinski definition) is 2. The minimum Gasteiger partial charge on any atom is -0.399 e. The van der Waals surface area contributed by atoms with Crippen LogP contribution in [0.25, 0.3) is 0 Å². The molecule has 0 bridgehead atoms. The van der Waals surface area contributed by atoms with Crippen LogP contribution < -0.4 is 11.1 Å². The first kappa shape index (κ1) is 15.4. The summed E-state index contributed by atoms with van der Waals surface area (Å²) >= 11 is 6.08. The molecule has 1 amide bonds. The second kappa shape index (κ2) is 6.64. The second-order valence-electron chi connectivity index (χ2n) is 5.35. The molecule has 2 aromatic rings. The summed E-state index contributed by atoms with van der Waals surface area (Å²) in [5.74, 6) is 0.0473. The van der Waals surface area contributed by atoms with E-state index in [0.717, 1.165) is 5.56 Å². The monoisotopic (exact) mass is 302 g/mol. The van der Waals surface area contributed by atoms with E-state index in [1.54, 1.807) is 18.2 Å². The third kappa shape index (κ3) is 3.76. The summed E-state index contributed by atoms with van der Waals surface area (Å²) in [7, 11) is 0. The van der Waals surface area contributed by atoms with E-state index in [0.29, 0.717) is 16.3 Å². The quantitative estimate of drug-likeness (QED) is 0.837. The molecule has 110 valence electrons. The first-order chi connectivity index (χ1) is 9.99. The van der Waals surface area contributed by atoms with Crippen molar-refractivity contribution in [3.63, 3.8) is 0 Å². The van der Waals surface area contributed by atoms with Gasteiger partial charge in [0.2, 0.25) is 0 Å². The summed E-state index contributed by atoms with van der Waals surface area (Å²) in [6, 6.07) is 14.7. The lowest BCUT2D eigenvalue weighted by Crippen LogP contribution is -2.32. The van der Waals surface area contributed by atoms with Crippen LogP contribution in [0.2, 0.25) is 5.02 Å². The number of halogens is 1. The molecular weight excluding hydrogens is 284 g/mol. The SMILES string of the molecule is CC(C)C(NC(=O)c1cc(N)ccc1Cl)c1ccccc1. The third-order valence-electron chi connectivity index (χ3n) is 3.35. The molecule has 1 unspecified atom stereocenters. The van der Waals surface area contributed by atoms with E-state index >= 15 is 0 Å². The van der Waals surface area contributed by atoms with E-state index < -0.39 is 0 Å². The van der Waals surface area contributed by atoms with Gasteiger partial charge in [-0.25, -0.2) is 0 Å². The lowest BCUT2D eigenvalue weighted by molar-refractivity contribution is 0.0926. The van der Waals surface area contributed by atoms with E-state index in [4.69, 9.17) is 17.3 Å². The van der Waals surface area contributed by atoms with Crippen LogP contribution in [0.4, 0.5) is 5.69 Å². The average molecular weight is 303 g/mol. The molecule has 0 saturated heterocycles. The smallest absolute Gasteiger partial charge is 0.253 e. The van der Waals surface area contributed by atoms with Crippen molar-refractivity contribution in [2.45, 2.75) is 19.9 Å².